The summed E-state index contributed by atoms with van der Waals surface area (Å²) in [6.45, 7) is 2.00. The second kappa shape index (κ2) is 5.21. The number of hydrogen-bond acceptors (Lipinski definition) is 2. The van der Waals surface area contributed by atoms with Gasteiger partial charge in [0.05, 0.1) is 10.5 Å². The van der Waals surface area contributed by atoms with Crippen LogP contribution in [0.4, 0.5) is 0 Å². The summed E-state index contributed by atoms with van der Waals surface area (Å²) in [6.07, 6.45) is 0. The quantitative estimate of drug-likeness (QED) is 0.547. The monoisotopic (exact) mass is 322 g/mol. The lowest BCUT2D eigenvalue weighted by Crippen LogP contribution is -1.94. The lowest BCUT2D eigenvalue weighted by atomic mass is 10.1. The normalized spacial score (nSPS) is 11.0. The van der Waals surface area contributed by atoms with Gasteiger partial charge in [0.2, 0.25) is 0 Å². The van der Waals surface area contributed by atoms with Crippen LogP contribution in [0.2, 0.25) is 15.2 Å². The average molecular weight is 324 g/mol. The number of benzene rings is 2. The maximum Gasteiger partial charge on any atom is 0.161 e. The summed E-state index contributed by atoms with van der Waals surface area (Å²) < 4.78 is 0. The molecule has 0 aliphatic carbocycles. The molecule has 2 nitrogen and oxygen atoms in total. The fourth-order valence-corrected chi connectivity index (χ4v) is 2.82. The van der Waals surface area contributed by atoms with Crippen molar-refractivity contribution >= 4 is 45.7 Å². The molecular formula is C15H9Cl3N2. The van der Waals surface area contributed by atoms with E-state index in [9.17, 15) is 0 Å². The van der Waals surface area contributed by atoms with Crippen molar-refractivity contribution in [1.82, 2.24) is 9.97 Å². The second-order valence-corrected chi connectivity index (χ2v) is 5.64. The summed E-state index contributed by atoms with van der Waals surface area (Å²) in [5, 5.41) is 1.97. The summed E-state index contributed by atoms with van der Waals surface area (Å²) >= 11 is 18.4. The van der Waals surface area contributed by atoms with Gasteiger partial charge in [0.25, 0.3) is 0 Å². The second-order valence-electron chi connectivity index (χ2n) is 4.44. The third kappa shape index (κ3) is 2.35. The van der Waals surface area contributed by atoms with Crippen molar-refractivity contribution in [2.45, 2.75) is 6.92 Å². The standard InChI is InChI=1S/C15H9Cl3N2/c1-8-4-2-3-5-10(8)15-19-13-11(14(18)20-15)6-9(16)7-12(13)17/h2-7H,1H3. The predicted octanol–water partition coefficient (Wildman–Crippen LogP) is 5.57. The first-order chi connectivity index (χ1) is 9.56. The van der Waals surface area contributed by atoms with Gasteiger partial charge in [-0.2, -0.15) is 0 Å². The number of fused-ring (bicyclic) bond motifs is 1. The molecule has 0 aliphatic heterocycles. The Morgan fingerprint density at radius 2 is 1.70 bits per heavy atom. The minimum absolute atomic E-state index is 0.345. The molecule has 0 aliphatic rings. The van der Waals surface area contributed by atoms with E-state index in [-0.39, 0.29) is 0 Å². The molecule has 2 aromatic carbocycles. The Bertz CT molecular complexity index is 816. The van der Waals surface area contributed by atoms with Gasteiger partial charge >= 0.3 is 0 Å². The van der Waals surface area contributed by atoms with Crippen molar-refractivity contribution in [3.8, 4) is 11.4 Å². The topological polar surface area (TPSA) is 25.8 Å². The van der Waals surface area contributed by atoms with Crippen molar-refractivity contribution in [2.24, 2.45) is 0 Å². The third-order valence-corrected chi connectivity index (χ3v) is 3.85. The average Bonchev–Trinajstić information content (AvgIpc) is 2.40. The van der Waals surface area contributed by atoms with Gasteiger partial charge in [-0.15, -0.1) is 0 Å². The maximum absolute atomic E-state index is 6.24. The smallest absolute Gasteiger partial charge is 0.161 e. The van der Waals surface area contributed by atoms with Gasteiger partial charge in [0.15, 0.2) is 5.82 Å². The number of aromatic nitrogens is 2. The molecule has 0 unspecified atom stereocenters. The highest BCUT2D eigenvalue weighted by molar-refractivity contribution is 6.41. The van der Waals surface area contributed by atoms with E-state index in [2.05, 4.69) is 9.97 Å². The zero-order valence-corrected chi connectivity index (χ0v) is 12.8. The van der Waals surface area contributed by atoms with Crippen LogP contribution in [-0.2, 0) is 0 Å². The van der Waals surface area contributed by atoms with E-state index in [4.69, 9.17) is 34.8 Å². The molecule has 0 radical (unpaired) electrons. The molecule has 0 atom stereocenters. The molecule has 3 rings (SSSR count). The lowest BCUT2D eigenvalue weighted by Gasteiger charge is -2.08. The van der Waals surface area contributed by atoms with Crippen molar-refractivity contribution in [3.63, 3.8) is 0 Å². The summed E-state index contributed by atoms with van der Waals surface area (Å²) in [4.78, 5) is 8.87. The van der Waals surface area contributed by atoms with Gasteiger partial charge in [0.1, 0.15) is 5.15 Å². The summed E-state index contributed by atoms with van der Waals surface area (Å²) in [7, 11) is 0. The van der Waals surface area contributed by atoms with Crippen LogP contribution in [0.5, 0.6) is 0 Å². The first-order valence-corrected chi connectivity index (χ1v) is 7.08. The van der Waals surface area contributed by atoms with Crippen LogP contribution in [0.3, 0.4) is 0 Å². The minimum atomic E-state index is 0.345. The zero-order valence-electron chi connectivity index (χ0n) is 10.5. The molecule has 0 bridgehead atoms. The molecule has 0 saturated heterocycles. The summed E-state index contributed by atoms with van der Waals surface area (Å²) in [6, 6.07) is 11.2. The van der Waals surface area contributed by atoms with E-state index in [1.165, 1.54) is 0 Å². The molecule has 1 aromatic heterocycles. The lowest BCUT2D eigenvalue weighted by molar-refractivity contribution is 1.21. The highest BCUT2D eigenvalue weighted by Crippen LogP contribution is 2.32. The SMILES string of the molecule is Cc1ccccc1-c1nc(Cl)c2cc(Cl)cc(Cl)c2n1. The van der Waals surface area contributed by atoms with E-state index in [1.807, 2.05) is 31.2 Å². The molecule has 0 spiro atoms. The number of rotatable bonds is 1. The molecular weight excluding hydrogens is 315 g/mol. The molecule has 5 heteroatoms. The zero-order chi connectivity index (χ0) is 14.3. The highest BCUT2D eigenvalue weighted by Gasteiger charge is 2.12. The van der Waals surface area contributed by atoms with Crippen molar-refractivity contribution in [2.75, 3.05) is 0 Å². The first-order valence-electron chi connectivity index (χ1n) is 5.94. The number of aryl methyl sites for hydroxylation is 1. The molecule has 0 amide bonds. The van der Waals surface area contributed by atoms with Gasteiger partial charge in [-0.3, -0.25) is 0 Å². The van der Waals surface area contributed by atoms with Crippen LogP contribution < -0.4 is 0 Å². The highest BCUT2D eigenvalue weighted by atomic mass is 35.5. The Morgan fingerprint density at radius 1 is 0.950 bits per heavy atom. The number of hydrogen-bond donors (Lipinski definition) is 0. The number of nitrogens with zero attached hydrogens (tertiary/aromatic N) is 2. The van der Waals surface area contributed by atoms with E-state index in [0.29, 0.717) is 31.9 Å². The number of halogens is 3. The fraction of sp³-hybridized carbons (Fsp3) is 0.0667. The van der Waals surface area contributed by atoms with Crippen LogP contribution in [-0.4, -0.2) is 9.97 Å². The van der Waals surface area contributed by atoms with Crippen LogP contribution in [0.15, 0.2) is 36.4 Å². The summed E-state index contributed by atoms with van der Waals surface area (Å²) in [5.74, 6) is 0.560. The van der Waals surface area contributed by atoms with Crippen molar-refractivity contribution < 1.29 is 0 Å². The third-order valence-electron chi connectivity index (χ3n) is 3.06. The summed E-state index contributed by atoms with van der Waals surface area (Å²) in [5.41, 5.74) is 2.62. The Labute approximate surface area is 131 Å². The molecule has 0 N–H and O–H groups in total. The molecule has 100 valence electrons. The van der Waals surface area contributed by atoms with Gasteiger partial charge < -0.3 is 0 Å². The van der Waals surface area contributed by atoms with Gasteiger partial charge in [0, 0.05) is 16.0 Å². The van der Waals surface area contributed by atoms with Crippen molar-refractivity contribution in [1.29, 1.82) is 0 Å². The Balaban J connectivity index is 2.33. The largest absolute Gasteiger partial charge is 0.226 e. The first kappa shape index (κ1) is 13.6. The van der Waals surface area contributed by atoms with Crippen LogP contribution in [0.1, 0.15) is 5.56 Å². The van der Waals surface area contributed by atoms with E-state index in [0.717, 1.165) is 11.1 Å². The van der Waals surface area contributed by atoms with Gasteiger partial charge in [-0.05, 0) is 24.6 Å². The van der Waals surface area contributed by atoms with Crippen LogP contribution in [0, 0.1) is 6.92 Å². The van der Waals surface area contributed by atoms with E-state index < -0.39 is 0 Å². The van der Waals surface area contributed by atoms with E-state index >= 15 is 0 Å². The van der Waals surface area contributed by atoms with Gasteiger partial charge in [-0.1, -0.05) is 59.1 Å². The molecule has 20 heavy (non-hydrogen) atoms. The van der Waals surface area contributed by atoms with Crippen molar-refractivity contribution in [3.05, 3.63) is 57.2 Å². The molecule has 1 heterocycles. The Hall–Kier alpha value is -1.35. The molecule has 0 fully saturated rings. The van der Waals surface area contributed by atoms with E-state index in [1.54, 1.807) is 12.1 Å². The van der Waals surface area contributed by atoms with Crippen LogP contribution in [0.25, 0.3) is 22.3 Å². The molecule has 3 aromatic rings. The molecule has 0 saturated carbocycles. The fourth-order valence-electron chi connectivity index (χ4n) is 2.07. The Kier molecular flexibility index (Phi) is 3.55. The predicted molar refractivity (Wildman–Crippen MR) is 84.7 cm³/mol. The maximum atomic E-state index is 6.24. The minimum Gasteiger partial charge on any atom is -0.226 e. The van der Waals surface area contributed by atoms with Crippen LogP contribution >= 0.6 is 34.8 Å². The Morgan fingerprint density at radius 3 is 2.45 bits per heavy atom. The van der Waals surface area contributed by atoms with Gasteiger partial charge in [-0.25, -0.2) is 9.97 Å².